The van der Waals surface area contributed by atoms with E-state index in [9.17, 15) is 6.48 Å². The zero-order chi connectivity index (χ0) is 49.5. The Hall–Kier alpha value is -6.26. The summed E-state index contributed by atoms with van der Waals surface area (Å²) >= 11 is 0. The van der Waals surface area contributed by atoms with Gasteiger partial charge in [0, 0.05) is 24.2 Å². The lowest BCUT2D eigenvalue weighted by Gasteiger charge is -2.22. The number of hydrogen-bond acceptors (Lipinski definition) is 3. The Morgan fingerprint density at radius 1 is 0.644 bits per heavy atom. The molecule has 0 amide bonds. The van der Waals surface area contributed by atoms with Crippen molar-refractivity contribution in [2.75, 3.05) is 0 Å². The molecule has 8 rings (SSSR count). The standard InChI is InChI=1S/C55H55N3O/c1-34(2)39-23-24-50(47(30-39)38-19-14-11-15-20-38)58-51-22-16-21-45(52(51)57-54(58)48-32-41(35(3)4)31-46(36(5)6)53(48)59)42-27-43(29-44(28-42)55(7,8)9)49-33-40(25-26-56-49)37-17-12-10-13-18-37/h10-36,59H,1-9H3/i10D,12D,13D,17D,18D,25D,26D,33D,34D. The number of aromatic nitrogens is 3. The average Bonchev–Trinajstić information content (AvgIpc) is 3.68. The first-order chi connectivity index (χ1) is 31.9. The van der Waals surface area contributed by atoms with Crippen LogP contribution < -0.4 is 0 Å². The predicted molar refractivity (Wildman–Crippen MR) is 249 cm³/mol. The SMILES string of the molecule is [2H]c1nc(-c2cc(-c3cccc4c3nc(-c3cc(C(C)C)cc(C(C)C)c3O)n4-c3ccc(C([2H])(C)C)cc3-c3ccccc3)cc(C(C)(C)C)c2)c([2H])c(-c2c([2H])c([2H])c([2H])c([2H])c2[2H])c1[2H]. The minimum atomic E-state index is -0.897. The van der Waals surface area contributed by atoms with E-state index >= 15 is 0 Å². The largest absolute Gasteiger partial charge is 0.507 e. The van der Waals surface area contributed by atoms with E-state index in [0.717, 1.165) is 50.1 Å². The zero-order valence-electron chi connectivity index (χ0n) is 44.2. The lowest BCUT2D eigenvalue weighted by atomic mass is 9.83. The van der Waals surface area contributed by atoms with E-state index in [1.54, 1.807) is 0 Å². The van der Waals surface area contributed by atoms with Crippen molar-refractivity contribution in [2.24, 2.45) is 0 Å². The summed E-state index contributed by atoms with van der Waals surface area (Å²) in [4.78, 5) is 9.97. The Bertz CT molecular complexity index is 3280. The van der Waals surface area contributed by atoms with Gasteiger partial charge in [-0.3, -0.25) is 9.55 Å². The Morgan fingerprint density at radius 2 is 1.37 bits per heavy atom. The second-order valence-electron chi connectivity index (χ2n) is 17.1. The van der Waals surface area contributed by atoms with Crippen LogP contribution >= 0.6 is 0 Å². The first-order valence-electron chi connectivity index (χ1n) is 24.7. The monoisotopic (exact) mass is 782 g/mol. The van der Waals surface area contributed by atoms with Gasteiger partial charge in [-0.2, -0.15) is 0 Å². The molecule has 8 aromatic rings. The summed E-state index contributed by atoms with van der Waals surface area (Å²) in [5, 5.41) is 12.3. The van der Waals surface area contributed by atoms with Gasteiger partial charge in [0.05, 0.1) is 38.9 Å². The average molecular weight is 783 g/mol. The van der Waals surface area contributed by atoms with Crippen molar-refractivity contribution < 1.29 is 17.4 Å². The van der Waals surface area contributed by atoms with Crippen LogP contribution in [0.1, 0.15) is 115 Å². The molecule has 4 nitrogen and oxygen atoms in total. The molecule has 0 aliphatic carbocycles. The molecule has 4 heteroatoms. The minimum absolute atomic E-state index is 0.00254. The normalized spacial score (nSPS) is 14.3. The molecular weight excluding hydrogens is 719 g/mol. The number of para-hydroxylation sites is 1. The van der Waals surface area contributed by atoms with Gasteiger partial charge in [-0.15, -0.1) is 0 Å². The molecule has 1 N–H and O–H groups in total. The van der Waals surface area contributed by atoms with Crippen molar-refractivity contribution in [2.45, 2.75) is 85.5 Å². The third-order valence-electron chi connectivity index (χ3n) is 11.0. The molecule has 2 heterocycles. The number of pyridine rings is 1. The molecule has 6 aromatic carbocycles. The molecule has 296 valence electrons. The van der Waals surface area contributed by atoms with Crippen LogP contribution in [0.2, 0.25) is 0 Å². The number of phenolic OH excluding ortho intramolecular Hbond substituents is 1. The first kappa shape index (κ1) is 29.9. The van der Waals surface area contributed by atoms with Crippen LogP contribution in [0.5, 0.6) is 5.75 Å². The smallest absolute Gasteiger partial charge is 0.149 e. The van der Waals surface area contributed by atoms with E-state index in [-0.39, 0.29) is 40.4 Å². The van der Waals surface area contributed by atoms with E-state index in [2.05, 4.69) is 76.2 Å². The lowest BCUT2D eigenvalue weighted by molar-refractivity contribution is 0.466. The van der Waals surface area contributed by atoms with Crippen LogP contribution in [0.4, 0.5) is 0 Å². The summed E-state index contributed by atoms with van der Waals surface area (Å²) in [5.41, 5.74) is 8.90. The third kappa shape index (κ3) is 7.72. The van der Waals surface area contributed by atoms with E-state index in [4.69, 9.17) is 16.0 Å². The Morgan fingerprint density at radius 3 is 2.07 bits per heavy atom. The summed E-state index contributed by atoms with van der Waals surface area (Å²) in [6, 6.07) is 28.1. The summed E-state index contributed by atoms with van der Waals surface area (Å²) < 4.78 is 80.6. The summed E-state index contributed by atoms with van der Waals surface area (Å²) in [6.07, 6.45) is -0.510. The maximum absolute atomic E-state index is 12.3. The molecule has 0 saturated heterocycles. The molecular formula is C55H55N3O. The van der Waals surface area contributed by atoms with Gasteiger partial charge in [-0.1, -0.05) is 153 Å². The number of imidazole rings is 1. The third-order valence-corrected chi connectivity index (χ3v) is 11.0. The molecule has 59 heavy (non-hydrogen) atoms. The van der Waals surface area contributed by atoms with Crippen LogP contribution in [0.3, 0.4) is 0 Å². The van der Waals surface area contributed by atoms with Crippen LogP contribution in [0.15, 0.2) is 146 Å². The van der Waals surface area contributed by atoms with Gasteiger partial charge in [0.15, 0.2) is 0 Å². The van der Waals surface area contributed by atoms with Gasteiger partial charge >= 0.3 is 0 Å². The van der Waals surface area contributed by atoms with Gasteiger partial charge in [0.25, 0.3) is 0 Å². The highest BCUT2D eigenvalue weighted by molar-refractivity contribution is 5.98. The quantitative estimate of drug-likeness (QED) is 0.159. The molecule has 0 bridgehead atoms. The Kier molecular flexibility index (Phi) is 8.02. The number of nitrogens with zero attached hydrogens (tertiary/aromatic N) is 3. The fourth-order valence-electron chi connectivity index (χ4n) is 7.58. The van der Waals surface area contributed by atoms with Crippen LogP contribution in [0.25, 0.3) is 72.7 Å². The van der Waals surface area contributed by atoms with E-state index in [0.29, 0.717) is 28.0 Å². The Labute approximate surface area is 362 Å². The van der Waals surface area contributed by atoms with Gasteiger partial charge in [0.2, 0.25) is 0 Å². The second kappa shape index (κ2) is 15.8. The molecule has 0 spiro atoms. The van der Waals surface area contributed by atoms with E-state index in [1.165, 1.54) is 0 Å². The summed E-state index contributed by atoms with van der Waals surface area (Å²) in [7, 11) is 0. The predicted octanol–water partition coefficient (Wildman–Crippen LogP) is 15.1. The number of benzene rings is 6. The molecule has 0 aliphatic rings. The van der Waals surface area contributed by atoms with Crippen molar-refractivity contribution >= 4 is 11.0 Å². The van der Waals surface area contributed by atoms with E-state index in [1.807, 2.05) is 92.7 Å². The van der Waals surface area contributed by atoms with Crippen LogP contribution in [-0.2, 0) is 5.41 Å². The fourth-order valence-corrected chi connectivity index (χ4v) is 7.58. The maximum Gasteiger partial charge on any atom is 0.149 e. The zero-order valence-corrected chi connectivity index (χ0v) is 35.2. The number of phenols is 1. The highest BCUT2D eigenvalue weighted by Crippen LogP contribution is 2.44. The van der Waals surface area contributed by atoms with Crippen molar-refractivity contribution in [3.05, 3.63) is 168 Å². The van der Waals surface area contributed by atoms with Gasteiger partial charge in [-0.25, -0.2) is 4.98 Å². The number of hydrogen-bond donors (Lipinski definition) is 1. The van der Waals surface area contributed by atoms with Crippen molar-refractivity contribution in [1.29, 1.82) is 0 Å². The van der Waals surface area contributed by atoms with Gasteiger partial charge in [0.1, 0.15) is 11.6 Å². The number of rotatable bonds is 9. The van der Waals surface area contributed by atoms with Crippen LogP contribution in [-0.4, -0.2) is 19.6 Å². The summed E-state index contributed by atoms with van der Waals surface area (Å²) in [6.45, 7) is 18.3. The number of fused-ring (bicyclic) bond motifs is 1. The second-order valence-corrected chi connectivity index (χ2v) is 17.1. The maximum atomic E-state index is 12.3. The molecule has 0 atom stereocenters. The highest BCUT2D eigenvalue weighted by atomic mass is 16.3. The summed E-state index contributed by atoms with van der Waals surface area (Å²) in [5.74, 6) is -0.103. The molecule has 0 saturated carbocycles. The molecule has 0 radical (unpaired) electrons. The van der Waals surface area contributed by atoms with Crippen molar-refractivity contribution in [3.63, 3.8) is 0 Å². The fraction of sp³-hybridized carbons (Fsp3) is 0.236. The molecule has 0 aliphatic heterocycles. The van der Waals surface area contributed by atoms with Gasteiger partial charge < -0.3 is 5.11 Å². The van der Waals surface area contributed by atoms with Crippen LogP contribution in [0, 0.1) is 0 Å². The topological polar surface area (TPSA) is 50.9 Å². The van der Waals surface area contributed by atoms with E-state index < -0.39 is 53.7 Å². The highest BCUT2D eigenvalue weighted by Gasteiger charge is 2.26. The number of aromatic hydroxyl groups is 1. The molecule has 0 unspecified atom stereocenters. The molecule has 2 aromatic heterocycles. The van der Waals surface area contributed by atoms with Crippen molar-refractivity contribution in [1.82, 2.24) is 14.5 Å². The molecule has 0 fully saturated rings. The Balaban J connectivity index is 1.48. The lowest BCUT2D eigenvalue weighted by Crippen LogP contribution is -2.11. The van der Waals surface area contributed by atoms with Gasteiger partial charge in [-0.05, 0) is 116 Å². The van der Waals surface area contributed by atoms with Crippen molar-refractivity contribution in [3.8, 4) is 67.5 Å². The first-order valence-corrected chi connectivity index (χ1v) is 20.2. The minimum Gasteiger partial charge on any atom is -0.507 e.